The number of aromatic nitrogens is 2. The molecule has 0 radical (unpaired) electrons. The van der Waals surface area contributed by atoms with Gasteiger partial charge in [0.25, 0.3) is 0 Å². The standard InChI is InChI=1S/C21H15N3/c1-3-8-16(9-4-1)21(17-10-5-2-6-11-17)24-18-14-20-19(23-15-18)12-7-13-22-20/h1-15H. The molecule has 2 aromatic carbocycles. The summed E-state index contributed by atoms with van der Waals surface area (Å²) in [5, 5.41) is 0. The molecule has 2 heterocycles. The van der Waals surface area contributed by atoms with Gasteiger partial charge in [-0.15, -0.1) is 0 Å². The molecule has 0 bridgehead atoms. The molecular weight excluding hydrogens is 294 g/mol. The van der Waals surface area contributed by atoms with Crippen molar-refractivity contribution in [3.63, 3.8) is 0 Å². The van der Waals surface area contributed by atoms with Crippen LogP contribution < -0.4 is 0 Å². The zero-order valence-electron chi connectivity index (χ0n) is 13.0. The normalized spacial score (nSPS) is 10.5. The Kier molecular flexibility index (Phi) is 3.82. The molecule has 4 aromatic rings. The fourth-order valence-electron chi connectivity index (χ4n) is 2.62. The average molecular weight is 309 g/mol. The number of hydrogen-bond acceptors (Lipinski definition) is 3. The van der Waals surface area contributed by atoms with Gasteiger partial charge in [-0.2, -0.15) is 0 Å². The first-order valence-corrected chi connectivity index (χ1v) is 7.80. The van der Waals surface area contributed by atoms with Crippen molar-refractivity contribution in [3.05, 3.63) is 102 Å². The van der Waals surface area contributed by atoms with E-state index in [9.17, 15) is 0 Å². The quantitative estimate of drug-likeness (QED) is 0.510. The minimum Gasteiger partial charge on any atom is -0.255 e. The lowest BCUT2D eigenvalue weighted by Crippen LogP contribution is -2.02. The molecule has 114 valence electrons. The van der Waals surface area contributed by atoms with Gasteiger partial charge in [0.2, 0.25) is 0 Å². The van der Waals surface area contributed by atoms with E-state index in [0.29, 0.717) is 0 Å². The van der Waals surface area contributed by atoms with Gasteiger partial charge in [0.1, 0.15) is 0 Å². The molecule has 0 saturated heterocycles. The smallest absolute Gasteiger partial charge is 0.0908 e. The van der Waals surface area contributed by atoms with Gasteiger partial charge in [0, 0.05) is 17.3 Å². The van der Waals surface area contributed by atoms with Crippen LogP contribution >= 0.6 is 0 Å². The number of fused-ring (bicyclic) bond motifs is 1. The molecule has 2 aromatic heterocycles. The Bertz CT molecular complexity index is 951. The highest BCUT2D eigenvalue weighted by Crippen LogP contribution is 2.20. The number of benzene rings is 2. The predicted octanol–water partition coefficient (Wildman–Crippen LogP) is 4.80. The van der Waals surface area contributed by atoms with E-state index >= 15 is 0 Å². The summed E-state index contributed by atoms with van der Waals surface area (Å²) in [6.07, 6.45) is 3.56. The summed E-state index contributed by atoms with van der Waals surface area (Å²) in [4.78, 5) is 13.7. The first kappa shape index (κ1) is 14.3. The number of hydrogen-bond donors (Lipinski definition) is 0. The van der Waals surface area contributed by atoms with Gasteiger partial charge >= 0.3 is 0 Å². The van der Waals surface area contributed by atoms with Crippen LogP contribution in [0.1, 0.15) is 11.1 Å². The molecule has 0 N–H and O–H groups in total. The molecule has 0 saturated carbocycles. The van der Waals surface area contributed by atoms with E-state index in [1.165, 1.54) is 0 Å². The van der Waals surface area contributed by atoms with Gasteiger partial charge < -0.3 is 0 Å². The molecule has 3 heteroatoms. The zero-order chi connectivity index (χ0) is 16.2. The highest BCUT2D eigenvalue weighted by molar-refractivity contribution is 6.14. The van der Waals surface area contributed by atoms with Crippen LogP contribution in [0.2, 0.25) is 0 Å². The topological polar surface area (TPSA) is 38.1 Å². The van der Waals surface area contributed by atoms with Crippen LogP contribution in [-0.4, -0.2) is 15.7 Å². The maximum atomic E-state index is 4.86. The maximum absolute atomic E-state index is 4.86. The van der Waals surface area contributed by atoms with Crippen LogP contribution in [0.3, 0.4) is 0 Å². The Morgan fingerprint density at radius 2 is 1.33 bits per heavy atom. The molecular formula is C21H15N3. The SMILES string of the molecule is c1ccc(C(=Nc2cnc3cccnc3c2)c2ccccc2)cc1. The van der Waals surface area contributed by atoms with Gasteiger partial charge in [0.05, 0.1) is 28.6 Å². The van der Waals surface area contributed by atoms with Gasteiger partial charge in [-0.3, -0.25) is 9.97 Å². The van der Waals surface area contributed by atoms with Crippen LogP contribution in [0.4, 0.5) is 5.69 Å². The molecule has 0 amide bonds. The van der Waals surface area contributed by atoms with Crippen molar-refractivity contribution < 1.29 is 0 Å². The summed E-state index contributed by atoms with van der Waals surface area (Å²) in [5.74, 6) is 0. The molecule has 0 spiro atoms. The van der Waals surface area contributed by atoms with E-state index in [4.69, 9.17) is 4.99 Å². The van der Waals surface area contributed by atoms with Crippen LogP contribution in [0, 0.1) is 0 Å². The monoisotopic (exact) mass is 309 g/mol. The molecule has 0 atom stereocenters. The second-order valence-corrected chi connectivity index (χ2v) is 5.43. The van der Waals surface area contributed by atoms with Crippen LogP contribution in [0.5, 0.6) is 0 Å². The Hall–Kier alpha value is -3.33. The third kappa shape index (κ3) is 2.92. The Morgan fingerprint density at radius 1 is 0.667 bits per heavy atom. The van der Waals surface area contributed by atoms with Crippen molar-refractivity contribution in [3.8, 4) is 0 Å². The minimum atomic E-state index is 0.795. The van der Waals surface area contributed by atoms with Crippen molar-refractivity contribution >= 4 is 22.4 Å². The predicted molar refractivity (Wildman–Crippen MR) is 97.7 cm³/mol. The van der Waals surface area contributed by atoms with Gasteiger partial charge in [-0.1, -0.05) is 60.7 Å². The number of nitrogens with zero attached hydrogens (tertiary/aromatic N) is 3. The molecule has 0 aliphatic rings. The van der Waals surface area contributed by atoms with E-state index in [0.717, 1.165) is 33.6 Å². The summed E-state index contributed by atoms with van der Waals surface area (Å²) < 4.78 is 0. The Balaban J connectivity index is 1.87. The largest absolute Gasteiger partial charge is 0.255 e. The van der Waals surface area contributed by atoms with Gasteiger partial charge in [-0.05, 0) is 18.2 Å². The van der Waals surface area contributed by atoms with Crippen molar-refractivity contribution in [2.75, 3.05) is 0 Å². The Morgan fingerprint density at radius 3 is 2.00 bits per heavy atom. The lowest BCUT2D eigenvalue weighted by molar-refractivity contribution is 1.32. The molecule has 0 unspecified atom stereocenters. The lowest BCUT2D eigenvalue weighted by Gasteiger charge is -2.08. The summed E-state index contributed by atoms with van der Waals surface area (Å²) >= 11 is 0. The summed E-state index contributed by atoms with van der Waals surface area (Å²) in [7, 11) is 0. The first-order chi connectivity index (χ1) is 11.9. The van der Waals surface area contributed by atoms with Crippen molar-refractivity contribution in [2.24, 2.45) is 4.99 Å². The van der Waals surface area contributed by atoms with Gasteiger partial charge in [-0.25, -0.2) is 4.99 Å². The second kappa shape index (κ2) is 6.42. The maximum Gasteiger partial charge on any atom is 0.0908 e. The van der Waals surface area contributed by atoms with Gasteiger partial charge in [0.15, 0.2) is 0 Å². The van der Waals surface area contributed by atoms with Crippen LogP contribution in [0.15, 0.2) is 96.2 Å². The number of pyridine rings is 2. The fraction of sp³-hybridized carbons (Fsp3) is 0. The summed E-state index contributed by atoms with van der Waals surface area (Å²) in [6, 6.07) is 26.2. The number of rotatable bonds is 3. The molecule has 0 aliphatic carbocycles. The van der Waals surface area contributed by atoms with E-state index in [2.05, 4.69) is 34.2 Å². The van der Waals surface area contributed by atoms with Crippen LogP contribution in [-0.2, 0) is 0 Å². The summed E-state index contributed by atoms with van der Waals surface area (Å²) in [6.45, 7) is 0. The van der Waals surface area contributed by atoms with E-state index in [1.54, 1.807) is 12.4 Å². The highest BCUT2D eigenvalue weighted by Gasteiger charge is 2.07. The van der Waals surface area contributed by atoms with Crippen molar-refractivity contribution in [2.45, 2.75) is 0 Å². The summed E-state index contributed by atoms with van der Waals surface area (Å²) in [5.41, 5.74) is 5.59. The highest BCUT2D eigenvalue weighted by atomic mass is 14.8. The van der Waals surface area contributed by atoms with Crippen LogP contribution in [0.25, 0.3) is 11.0 Å². The molecule has 24 heavy (non-hydrogen) atoms. The van der Waals surface area contributed by atoms with E-state index in [1.807, 2.05) is 54.6 Å². The minimum absolute atomic E-state index is 0.795. The third-order valence-corrected chi connectivity index (χ3v) is 3.77. The fourth-order valence-corrected chi connectivity index (χ4v) is 2.62. The van der Waals surface area contributed by atoms with E-state index < -0.39 is 0 Å². The molecule has 0 fully saturated rings. The van der Waals surface area contributed by atoms with Crippen molar-refractivity contribution in [1.29, 1.82) is 0 Å². The third-order valence-electron chi connectivity index (χ3n) is 3.77. The number of aliphatic imine (C=N–C) groups is 1. The zero-order valence-corrected chi connectivity index (χ0v) is 13.0. The second-order valence-electron chi connectivity index (χ2n) is 5.43. The molecule has 4 rings (SSSR count). The lowest BCUT2D eigenvalue weighted by atomic mass is 10.0. The molecule has 0 aliphatic heterocycles. The Labute approximate surface area is 140 Å². The first-order valence-electron chi connectivity index (χ1n) is 7.80. The molecule has 3 nitrogen and oxygen atoms in total. The van der Waals surface area contributed by atoms with E-state index in [-0.39, 0.29) is 0 Å². The average Bonchev–Trinajstić information content (AvgIpc) is 2.67. The van der Waals surface area contributed by atoms with Crippen molar-refractivity contribution in [1.82, 2.24) is 9.97 Å².